The summed E-state index contributed by atoms with van der Waals surface area (Å²) in [5.41, 5.74) is 1.55. The molecule has 1 N–H and O–H groups in total. The second-order valence-corrected chi connectivity index (χ2v) is 8.03. The van der Waals surface area contributed by atoms with Gasteiger partial charge in [0.25, 0.3) is 0 Å². The highest BCUT2D eigenvalue weighted by Crippen LogP contribution is 2.31. The standard InChI is InChI=1S/C19H18Cl4N2O/c20-14-7-6-12(16(22)9-14)10-25-8-2-3-13(11-25)19(26)24-17-5-1-4-15(21)18(17)23/h1,4-7,9,13H,2-3,8,10-11H2,(H,24,26). The zero-order valence-electron chi connectivity index (χ0n) is 13.9. The minimum atomic E-state index is -0.107. The van der Waals surface area contributed by atoms with E-state index in [4.69, 9.17) is 46.4 Å². The summed E-state index contributed by atoms with van der Waals surface area (Å²) < 4.78 is 0. The Kier molecular flexibility index (Phi) is 6.70. The van der Waals surface area contributed by atoms with Gasteiger partial charge in [0.2, 0.25) is 5.91 Å². The highest BCUT2D eigenvalue weighted by Gasteiger charge is 2.26. The maximum atomic E-state index is 12.7. The zero-order valence-corrected chi connectivity index (χ0v) is 17.0. The first-order valence-electron chi connectivity index (χ1n) is 8.35. The van der Waals surface area contributed by atoms with Gasteiger partial charge in [-0.3, -0.25) is 9.69 Å². The zero-order chi connectivity index (χ0) is 18.7. The third-order valence-corrected chi connectivity index (χ3v) is 5.90. The van der Waals surface area contributed by atoms with E-state index in [0.29, 0.717) is 38.9 Å². The van der Waals surface area contributed by atoms with Crippen molar-refractivity contribution in [2.75, 3.05) is 18.4 Å². The van der Waals surface area contributed by atoms with Gasteiger partial charge in [0.05, 0.1) is 21.7 Å². The number of carbonyl (C=O) groups is 1. The maximum absolute atomic E-state index is 12.7. The predicted octanol–water partition coefficient (Wildman–Crippen LogP) is 6.15. The number of halogens is 4. The van der Waals surface area contributed by atoms with Gasteiger partial charge in [-0.05, 0) is 49.2 Å². The average Bonchev–Trinajstić information content (AvgIpc) is 2.61. The van der Waals surface area contributed by atoms with Crippen LogP contribution in [0.3, 0.4) is 0 Å². The van der Waals surface area contributed by atoms with Crippen molar-refractivity contribution in [3.8, 4) is 0 Å². The van der Waals surface area contributed by atoms with E-state index >= 15 is 0 Å². The molecule has 1 saturated heterocycles. The Labute approximate surface area is 173 Å². The lowest BCUT2D eigenvalue weighted by Gasteiger charge is -2.32. The fourth-order valence-corrected chi connectivity index (χ4v) is 3.96. The number of anilines is 1. The highest BCUT2D eigenvalue weighted by atomic mass is 35.5. The van der Waals surface area contributed by atoms with Gasteiger partial charge in [-0.1, -0.05) is 58.5 Å². The monoisotopic (exact) mass is 430 g/mol. The number of nitrogens with one attached hydrogen (secondary N) is 1. The molecule has 26 heavy (non-hydrogen) atoms. The Morgan fingerprint density at radius 3 is 2.69 bits per heavy atom. The molecular formula is C19H18Cl4N2O. The fraction of sp³-hybridized carbons (Fsp3) is 0.316. The van der Waals surface area contributed by atoms with E-state index in [1.54, 1.807) is 24.3 Å². The summed E-state index contributed by atoms with van der Waals surface area (Å²) >= 11 is 24.4. The molecule has 138 valence electrons. The van der Waals surface area contributed by atoms with Crippen LogP contribution in [0.5, 0.6) is 0 Å². The lowest BCUT2D eigenvalue weighted by molar-refractivity contribution is -0.121. The lowest BCUT2D eigenvalue weighted by atomic mass is 9.96. The van der Waals surface area contributed by atoms with E-state index in [-0.39, 0.29) is 11.8 Å². The SMILES string of the molecule is O=C(Nc1cccc(Cl)c1Cl)C1CCCN(Cc2ccc(Cl)cc2Cl)C1. The van der Waals surface area contributed by atoms with Gasteiger partial charge in [0.1, 0.15) is 0 Å². The van der Waals surface area contributed by atoms with Gasteiger partial charge in [0, 0.05) is 23.1 Å². The van der Waals surface area contributed by atoms with Crippen LogP contribution >= 0.6 is 46.4 Å². The number of hydrogen-bond acceptors (Lipinski definition) is 2. The molecule has 0 aromatic heterocycles. The number of rotatable bonds is 4. The van der Waals surface area contributed by atoms with Crippen LogP contribution in [0.1, 0.15) is 18.4 Å². The molecule has 2 aromatic carbocycles. The first-order valence-corrected chi connectivity index (χ1v) is 9.86. The summed E-state index contributed by atoms with van der Waals surface area (Å²) in [6, 6.07) is 10.7. The summed E-state index contributed by atoms with van der Waals surface area (Å²) in [7, 11) is 0. The van der Waals surface area contributed by atoms with Crippen LogP contribution in [0, 0.1) is 5.92 Å². The molecule has 2 aromatic rings. The van der Waals surface area contributed by atoms with Crippen molar-refractivity contribution in [2.45, 2.75) is 19.4 Å². The molecule has 1 aliphatic rings. The van der Waals surface area contributed by atoms with Crippen molar-refractivity contribution in [3.05, 3.63) is 62.1 Å². The number of benzene rings is 2. The highest BCUT2D eigenvalue weighted by molar-refractivity contribution is 6.44. The van der Waals surface area contributed by atoms with Crippen molar-refractivity contribution in [3.63, 3.8) is 0 Å². The molecule has 1 atom stereocenters. The van der Waals surface area contributed by atoms with Crippen LogP contribution in [0.4, 0.5) is 5.69 Å². The molecule has 1 heterocycles. The van der Waals surface area contributed by atoms with E-state index in [0.717, 1.165) is 24.9 Å². The largest absolute Gasteiger partial charge is 0.324 e. The number of likely N-dealkylation sites (tertiary alicyclic amines) is 1. The van der Waals surface area contributed by atoms with Crippen LogP contribution in [0.2, 0.25) is 20.1 Å². The third-order valence-electron chi connectivity index (χ3n) is 4.49. The quantitative estimate of drug-likeness (QED) is 0.629. The van der Waals surface area contributed by atoms with Crippen LogP contribution in [-0.4, -0.2) is 23.9 Å². The van der Waals surface area contributed by atoms with Gasteiger partial charge in [-0.2, -0.15) is 0 Å². The number of amides is 1. The van der Waals surface area contributed by atoms with Gasteiger partial charge in [-0.25, -0.2) is 0 Å². The molecule has 0 aliphatic carbocycles. The van der Waals surface area contributed by atoms with E-state index in [9.17, 15) is 4.79 Å². The Morgan fingerprint density at radius 1 is 1.12 bits per heavy atom. The lowest BCUT2D eigenvalue weighted by Crippen LogP contribution is -2.40. The Balaban J connectivity index is 1.64. The summed E-state index contributed by atoms with van der Waals surface area (Å²) in [5, 5.41) is 4.95. The van der Waals surface area contributed by atoms with Crippen LogP contribution in [0.15, 0.2) is 36.4 Å². The number of carbonyl (C=O) groups excluding carboxylic acids is 1. The number of nitrogens with zero attached hydrogens (tertiary/aromatic N) is 1. The van der Waals surface area contributed by atoms with Crippen molar-refractivity contribution in [1.29, 1.82) is 0 Å². The average molecular weight is 432 g/mol. The predicted molar refractivity (Wildman–Crippen MR) is 110 cm³/mol. The smallest absolute Gasteiger partial charge is 0.228 e. The third kappa shape index (κ3) is 4.85. The van der Waals surface area contributed by atoms with E-state index < -0.39 is 0 Å². The number of hydrogen-bond donors (Lipinski definition) is 1. The molecule has 1 unspecified atom stereocenters. The Hall–Kier alpha value is -0.970. The molecule has 0 saturated carbocycles. The molecule has 7 heteroatoms. The van der Waals surface area contributed by atoms with E-state index in [1.807, 2.05) is 12.1 Å². The normalized spacial score (nSPS) is 17.9. The molecule has 3 rings (SSSR count). The minimum Gasteiger partial charge on any atom is -0.324 e. The first kappa shape index (κ1) is 19.8. The van der Waals surface area contributed by atoms with Gasteiger partial charge < -0.3 is 5.32 Å². The molecule has 0 bridgehead atoms. The molecule has 1 amide bonds. The van der Waals surface area contributed by atoms with Crippen LogP contribution in [0.25, 0.3) is 0 Å². The summed E-state index contributed by atoms with van der Waals surface area (Å²) in [6.45, 7) is 2.29. The number of piperidine rings is 1. The Morgan fingerprint density at radius 2 is 1.92 bits per heavy atom. The molecule has 1 fully saturated rings. The topological polar surface area (TPSA) is 32.3 Å². The molecule has 1 aliphatic heterocycles. The van der Waals surface area contributed by atoms with Gasteiger partial charge in [0.15, 0.2) is 0 Å². The van der Waals surface area contributed by atoms with Gasteiger partial charge in [-0.15, -0.1) is 0 Å². The molecule has 3 nitrogen and oxygen atoms in total. The van der Waals surface area contributed by atoms with Crippen molar-refractivity contribution in [2.24, 2.45) is 5.92 Å². The van der Waals surface area contributed by atoms with E-state index in [1.165, 1.54) is 0 Å². The van der Waals surface area contributed by atoms with Crippen LogP contribution < -0.4 is 5.32 Å². The van der Waals surface area contributed by atoms with Crippen molar-refractivity contribution < 1.29 is 4.79 Å². The van der Waals surface area contributed by atoms with Crippen LogP contribution in [-0.2, 0) is 11.3 Å². The minimum absolute atomic E-state index is 0.0407. The summed E-state index contributed by atoms with van der Waals surface area (Å²) in [6.07, 6.45) is 1.79. The second-order valence-electron chi connectivity index (χ2n) is 6.40. The summed E-state index contributed by atoms with van der Waals surface area (Å²) in [5.74, 6) is -0.147. The fourth-order valence-electron chi connectivity index (χ4n) is 3.14. The Bertz CT molecular complexity index is 812. The second kappa shape index (κ2) is 8.81. The first-order chi connectivity index (χ1) is 12.4. The maximum Gasteiger partial charge on any atom is 0.228 e. The van der Waals surface area contributed by atoms with Gasteiger partial charge >= 0.3 is 0 Å². The molecule has 0 spiro atoms. The molecule has 0 radical (unpaired) electrons. The van der Waals surface area contributed by atoms with E-state index in [2.05, 4.69) is 10.2 Å². The van der Waals surface area contributed by atoms with Crippen molar-refractivity contribution in [1.82, 2.24) is 4.90 Å². The summed E-state index contributed by atoms with van der Waals surface area (Å²) in [4.78, 5) is 14.9. The van der Waals surface area contributed by atoms with Crippen molar-refractivity contribution >= 4 is 58.0 Å². The molecular weight excluding hydrogens is 414 g/mol.